The second-order valence-electron chi connectivity index (χ2n) is 7.82. The molecule has 9 heteroatoms. The van der Waals surface area contributed by atoms with E-state index in [1.54, 1.807) is 6.07 Å². The number of aliphatic hydroxyl groups is 1. The largest absolute Gasteiger partial charge is 0.383 e. The lowest BCUT2D eigenvalue weighted by Gasteiger charge is -2.38. The van der Waals surface area contributed by atoms with Gasteiger partial charge >= 0.3 is 0 Å². The predicted molar refractivity (Wildman–Crippen MR) is 131 cm³/mol. The smallest absolute Gasteiger partial charge is 0.159 e. The zero-order valence-corrected chi connectivity index (χ0v) is 18.8. The standard InChI is InChI=1S/C21H18ClN5O.C4H3NO/c22-15-6-4-13(5-7-15)17-9-27(20-18(17)19(23)25-12-26-20)16-3-1-2-14(8-16)21(28)10-24-11-21;1-4(2-5)3-6/h1-9,12,24,28H,10-11H2,(H2,23,25,26);3H,1H2. The molecular weight excluding hydrogens is 452 g/mol. The molecule has 34 heavy (non-hydrogen) atoms. The molecule has 5 rings (SSSR count). The number of carbonyl (C=O) groups excluding carboxylic acids is 1. The van der Waals surface area contributed by atoms with E-state index < -0.39 is 5.60 Å². The molecule has 3 heterocycles. The summed E-state index contributed by atoms with van der Waals surface area (Å²) in [6, 6.07) is 17.0. The molecule has 0 aliphatic carbocycles. The highest BCUT2D eigenvalue weighted by atomic mass is 35.5. The van der Waals surface area contributed by atoms with Crippen LogP contribution in [0.5, 0.6) is 0 Å². The van der Waals surface area contributed by atoms with Crippen molar-refractivity contribution in [1.29, 1.82) is 5.26 Å². The molecule has 0 spiro atoms. The summed E-state index contributed by atoms with van der Waals surface area (Å²) < 4.78 is 1.98. The lowest BCUT2D eigenvalue weighted by atomic mass is 9.88. The first-order chi connectivity index (χ1) is 16.4. The minimum absolute atomic E-state index is 0.0324. The quantitative estimate of drug-likeness (QED) is 0.236. The van der Waals surface area contributed by atoms with Crippen LogP contribution in [-0.4, -0.2) is 39.0 Å². The van der Waals surface area contributed by atoms with Gasteiger partial charge in [-0.3, -0.25) is 4.79 Å². The number of nitrogens with two attached hydrogens (primary N) is 1. The third-order valence-electron chi connectivity index (χ3n) is 5.55. The zero-order valence-electron chi connectivity index (χ0n) is 18.1. The van der Waals surface area contributed by atoms with Gasteiger partial charge in [0.1, 0.15) is 23.8 Å². The van der Waals surface area contributed by atoms with Crippen LogP contribution in [0.4, 0.5) is 5.82 Å². The second kappa shape index (κ2) is 9.45. The number of hydrogen-bond acceptors (Lipinski definition) is 7. The third-order valence-corrected chi connectivity index (χ3v) is 5.80. The maximum Gasteiger partial charge on any atom is 0.159 e. The van der Waals surface area contributed by atoms with Crippen molar-refractivity contribution in [3.8, 4) is 22.9 Å². The molecule has 1 fully saturated rings. The molecule has 0 amide bonds. The van der Waals surface area contributed by atoms with Gasteiger partial charge in [-0.2, -0.15) is 5.26 Å². The Balaban J connectivity index is 0.000000408. The summed E-state index contributed by atoms with van der Waals surface area (Å²) in [6.45, 7) is 4.16. The first-order valence-corrected chi connectivity index (χ1v) is 10.7. The monoisotopic (exact) mass is 472 g/mol. The minimum Gasteiger partial charge on any atom is -0.383 e. The van der Waals surface area contributed by atoms with Crippen molar-refractivity contribution in [1.82, 2.24) is 19.9 Å². The normalized spacial score (nSPS) is 13.8. The van der Waals surface area contributed by atoms with Crippen molar-refractivity contribution in [2.24, 2.45) is 0 Å². The molecular formula is C25H21ClN6O2. The number of aldehydes is 1. The van der Waals surface area contributed by atoms with Gasteiger partial charge in [-0.25, -0.2) is 9.97 Å². The van der Waals surface area contributed by atoms with E-state index in [0.29, 0.717) is 35.9 Å². The molecule has 4 N–H and O–H groups in total. The second-order valence-corrected chi connectivity index (χ2v) is 8.25. The Bertz CT molecular complexity index is 1420. The van der Waals surface area contributed by atoms with E-state index in [9.17, 15) is 9.90 Å². The fourth-order valence-corrected chi connectivity index (χ4v) is 3.79. The van der Waals surface area contributed by atoms with Crippen LogP contribution in [0.15, 0.2) is 73.2 Å². The SMILES string of the molecule is C=C(C#N)C=O.Nc1ncnc2c1c(-c1ccc(Cl)cc1)cn2-c1cccc(C2(O)CNC2)c1. The van der Waals surface area contributed by atoms with E-state index >= 15 is 0 Å². The van der Waals surface area contributed by atoms with Crippen LogP contribution in [-0.2, 0) is 10.4 Å². The van der Waals surface area contributed by atoms with Crippen LogP contribution < -0.4 is 11.1 Å². The van der Waals surface area contributed by atoms with Crippen LogP contribution in [0.1, 0.15) is 5.56 Å². The van der Waals surface area contributed by atoms with E-state index in [0.717, 1.165) is 27.8 Å². The van der Waals surface area contributed by atoms with Crippen molar-refractivity contribution in [2.45, 2.75) is 5.60 Å². The minimum atomic E-state index is -0.827. The maximum atomic E-state index is 10.7. The van der Waals surface area contributed by atoms with Crippen molar-refractivity contribution in [2.75, 3.05) is 18.8 Å². The number of halogens is 1. The lowest BCUT2D eigenvalue weighted by Crippen LogP contribution is -2.56. The van der Waals surface area contributed by atoms with Gasteiger partial charge < -0.3 is 20.7 Å². The summed E-state index contributed by atoms with van der Waals surface area (Å²) in [5.41, 5.74) is 9.75. The fourth-order valence-electron chi connectivity index (χ4n) is 3.67. The molecule has 170 valence electrons. The number of rotatable bonds is 4. The van der Waals surface area contributed by atoms with E-state index in [1.807, 2.05) is 59.3 Å². The van der Waals surface area contributed by atoms with Crippen LogP contribution in [0.25, 0.3) is 27.8 Å². The van der Waals surface area contributed by atoms with Gasteiger partial charge in [0.15, 0.2) is 11.9 Å². The van der Waals surface area contributed by atoms with E-state index in [4.69, 9.17) is 22.6 Å². The summed E-state index contributed by atoms with van der Waals surface area (Å²) in [7, 11) is 0. The molecule has 2 aromatic carbocycles. The van der Waals surface area contributed by atoms with Crippen LogP contribution in [0.2, 0.25) is 5.02 Å². The Morgan fingerprint density at radius 3 is 2.59 bits per heavy atom. The Kier molecular flexibility index (Phi) is 6.43. The first-order valence-electron chi connectivity index (χ1n) is 10.3. The fraction of sp³-hybridized carbons (Fsp3) is 0.120. The number of allylic oxidation sites excluding steroid dienone is 1. The zero-order chi connectivity index (χ0) is 24.3. The van der Waals surface area contributed by atoms with Gasteiger partial charge in [-0.15, -0.1) is 0 Å². The number of β-amino-alcohol motifs (C(OH)–C–C–N with tert-alkyl or cyclic N) is 1. The Hall–Kier alpha value is -4.03. The van der Waals surface area contributed by atoms with Crippen molar-refractivity contribution in [3.05, 3.63) is 83.8 Å². The topological polar surface area (TPSA) is 130 Å². The average Bonchev–Trinajstić information content (AvgIpc) is 3.24. The maximum absolute atomic E-state index is 10.7. The summed E-state index contributed by atoms with van der Waals surface area (Å²) in [5.74, 6) is 0.423. The number of nitrogen functional groups attached to an aromatic ring is 1. The number of hydrogen-bond donors (Lipinski definition) is 3. The van der Waals surface area contributed by atoms with Gasteiger partial charge in [0.2, 0.25) is 0 Å². The number of nitrogens with one attached hydrogen (secondary N) is 1. The van der Waals surface area contributed by atoms with Crippen LogP contribution in [0.3, 0.4) is 0 Å². The number of carbonyl (C=O) groups is 1. The lowest BCUT2D eigenvalue weighted by molar-refractivity contribution is -0.104. The molecule has 0 radical (unpaired) electrons. The number of aromatic nitrogens is 3. The van der Waals surface area contributed by atoms with E-state index in [2.05, 4.69) is 21.9 Å². The highest BCUT2D eigenvalue weighted by Gasteiger charge is 2.36. The molecule has 2 aromatic heterocycles. The number of nitriles is 1. The molecule has 0 saturated carbocycles. The molecule has 1 aliphatic heterocycles. The molecule has 0 atom stereocenters. The van der Waals surface area contributed by atoms with Gasteiger partial charge in [-0.1, -0.05) is 42.4 Å². The Labute approximate surface area is 200 Å². The predicted octanol–water partition coefficient (Wildman–Crippen LogP) is 3.38. The number of anilines is 1. The Morgan fingerprint density at radius 2 is 2.00 bits per heavy atom. The highest BCUT2D eigenvalue weighted by Crippen LogP contribution is 2.35. The Morgan fingerprint density at radius 1 is 1.26 bits per heavy atom. The van der Waals surface area contributed by atoms with Gasteiger partial charge in [0.05, 0.1) is 11.0 Å². The van der Waals surface area contributed by atoms with Crippen molar-refractivity contribution in [3.63, 3.8) is 0 Å². The van der Waals surface area contributed by atoms with Gasteiger partial charge in [-0.05, 0) is 35.4 Å². The van der Waals surface area contributed by atoms with Crippen molar-refractivity contribution < 1.29 is 9.90 Å². The van der Waals surface area contributed by atoms with Gasteiger partial charge in [0, 0.05) is 35.6 Å². The third kappa shape index (κ3) is 4.40. The summed E-state index contributed by atoms with van der Waals surface area (Å²) >= 11 is 6.05. The number of nitrogens with zero attached hydrogens (tertiary/aromatic N) is 4. The van der Waals surface area contributed by atoms with Crippen LogP contribution in [0, 0.1) is 11.3 Å². The number of fused-ring (bicyclic) bond motifs is 1. The molecule has 1 aliphatic rings. The molecule has 8 nitrogen and oxygen atoms in total. The average molecular weight is 473 g/mol. The van der Waals surface area contributed by atoms with E-state index in [1.165, 1.54) is 6.33 Å². The van der Waals surface area contributed by atoms with Crippen molar-refractivity contribution >= 4 is 34.7 Å². The van der Waals surface area contributed by atoms with Gasteiger partial charge in [0.25, 0.3) is 0 Å². The summed E-state index contributed by atoms with van der Waals surface area (Å²) in [4.78, 5) is 18.1. The molecule has 4 aromatic rings. The number of benzene rings is 2. The van der Waals surface area contributed by atoms with Crippen LogP contribution >= 0.6 is 11.6 Å². The molecule has 1 saturated heterocycles. The molecule has 0 bridgehead atoms. The summed E-state index contributed by atoms with van der Waals surface area (Å²) in [6.07, 6.45) is 3.88. The summed E-state index contributed by atoms with van der Waals surface area (Å²) in [5, 5.41) is 23.0. The highest BCUT2D eigenvalue weighted by molar-refractivity contribution is 6.30. The van der Waals surface area contributed by atoms with E-state index in [-0.39, 0.29) is 5.57 Å². The molecule has 0 unspecified atom stereocenters. The first kappa shape index (κ1) is 23.1.